The number of ether oxygens (including phenoxy) is 1. The fraction of sp³-hybridized carbons (Fsp3) is 0.471. The summed E-state index contributed by atoms with van der Waals surface area (Å²) in [5.41, 5.74) is 4.32. The van der Waals surface area contributed by atoms with Crippen LogP contribution in [0.2, 0.25) is 0 Å². The minimum absolute atomic E-state index is 0.231. The summed E-state index contributed by atoms with van der Waals surface area (Å²) in [7, 11) is 0. The first-order chi connectivity index (χ1) is 13.2. The standard InChI is InChI=1S/C17H21N7O2S/c1-2-26-17(25)23-5-3-12(4-6-23)21-16-22-14-7-18-10-19-15(14)24(16)8-13-9-27-11-20-13/h7,9-12H,2-6,8H2,1H3,(H,21,22). The Bertz CT molecular complexity index is 903. The van der Waals surface area contributed by atoms with Gasteiger partial charge < -0.3 is 15.0 Å². The van der Waals surface area contributed by atoms with Crippen LogP contribution in [0.1, 0.15) is 25.5 Å². The maximum atomic E-state index is 11.9. The third-order valence-electron chi connectivity index (χ3n) is 4.57. The van der Waals surface area contributed by atoms with E-state index in [1.54, 1.807) is 22.4 Å². The molecule has 0 aliphatic carbocycles. The molecule has 0 spiro atoms. The zero-order valence-corrected chi connectivity index (χ0v) is 15.9. The van der Waals surface area contributed by atoms with Crippen LogP contribution in [0.5, 0.6) is 0 Å². The number of imidazole rings is 1. The van der Waals surface area contributed by atoms with Crippen molar-refractivity contribution in [1.82, 2.24) is 29.4 Å². The first-order valence-electron chi connectivity index (χ1n) is 8.96. The summed E-state index contributed by atoms with van der Waals surface area (Å²) in [5.74, 6) is 0.757. The van der Waals surface area contributed by atoms with Crippen LogP contribution < -0.4 is 5.32 Å². The van der Waals surface area contributed by atoms with Crippen molar-refractivity contribution in [2.24, 2.45) is 0 Å². The number of hydrogen-bond donors (Lipinski definition) is 1. The number of carbonyl (C=O) groups excluding carboxylic acids is 1. The summed E-state index contributed by atoms with van der Waals surface area (Å²) >= 11 is 1.57. The van der Waals surface area contributed by atoms with E-state index in [0.717, 1.165) is 35.6 Å². The first kappa shape index (κ1) is 17.7. The van der Waals surface area contributed by atoms with Crippen molar-refractivity contribution in [3.8, 4) is 0 Å². The molecule has 10 heteroatoms. The minimum atomic E-state index is -0.234. The van der Waals surface area contributed by atoms with Gasteiger partial charge in [-0.2, -0.15) is 0 Å². The number of nitrogens with one attached hydrogen (secondary N) is 1. The number of rotatable bonds is 5. The highest BCUT2D eigenvalue weighted by atomic mass is 32.1. The molecule has 0 aromatic carbocycles. The minimum Gasteiger partial charge on any atom is -0.450 e. The van der Waals surface area contributed by atoms with E-state index in [9.17, 15) is 4.79 Å². The molecule has 4 heterocycles. The van der Waals surface area contributed by atoms with Crippen molar-refractivity contribution in [3.05, 3.63) is 29.1 Å². The van der Waals surface area contributed by atoms with Crippen molar-refractivity contribution in [2.75, 3.05) is 25.0 Å². The number of likely N-dealkylation sites (tertiary alicyclic amines) is 1. The van der Waals surface area contributed by atoms with E-state index < -0.39 is 0 Å². The molecule has 3 aromatic heterocycles. The van der Waals surface area contributed by atoms with E-state index in [0.29, 0.717) is 26.2 Å². The van der Waals surface area contributed by atoms with Crippen LogP contribution in [0.3, 0.4) is 0 Å². The molecule has 1 N–H and O–H groups in total. The van der Waals surface area contributed by atoms with Crippen molar-refractivity contribution >= 4 is 34.5 Å². The number of thiazole rings is 1. The summed E-state index contributed by atoms with van der Waals surface area (Å²) < 4.78 is 7.11. The molecule has 0 unspecified atom stereocenters. The van der Waals surface area contributed by atoms with E-state index in [2.05, 4.69) is 25.3 Å². The molecule has 0 saturated carbocycles. The number of nitrogens with zero attached hydrogens (tertiary/aromatic N) is 6. The van der Waals surface area contributed by atoms with Gasteiger partial charge in [0.2, 0.25) is 5.95 Å². The molecule has 0 radical (unpaired) electrons. The number of amides is 1. The van der Waals surface area contributed by atoms with Gasteiger partial charge in [-0.25, -0.2) is 24.7 Å². The van der Waals surface area contributed by atoms with Crippen LogP contribution in [-0.4, -0.2) is 61.2 Å². The molecule has 3 aromatic rings. The molecule has 27 heavy (non-hydrogen) atoms. The van der Waals surface area contributed by atoms with Gasteiger partial charge in [-0.15, -0.1) is 11.3 Å². The van der Waals surface area contributed by atoms with Gasteiger partial charge in [0, 0.05) is 24.5 Å². The van der Waals surface area contributed by atoms with Crippen LogP contribution >= 0.6 is 11.3 Å². The maximum absolute atomic E-state index is 11.9. The molecular weight excluding hydrogens is 366 g/mol. The lowest BCUT2D eigenvalue weighted by Crippen LogP contribution is -2.42. The molecule has 9 nitrogen and oxygen atoms in total. The van der Waals surface area contributed by atoms with Gasteiger partial charge in [0.15, 0.2) is 5.65 Å². The second-order valence-corrected chi connectivity index (χ2v) is 7.06. The largest absolute Gasteiger partial charge is 0.450 e. The van der Waals surface area contributed by atoms with Crippen molar-refractivity contribution < 1.29 is 9.53 Å². The average molecular weight is 387 g/mol. The second kappa shape index (κ2) is 7.87. The molecule has 4 rings (SSSR count). The van der Waals surface area contributed by atoms with Crippen LogP contribution in [0.15, 0.2) is 23.4 Å². The molecule has 1 fully saturated rings. The number of piperidine rings is 1. The summed E-state index contributed by atoms with van der Waals surface area (Å²) in [4.78, 5) is 31.1. The van der Waals surface area contributed by atoms with Crippen LogP contribution in [0.4, 0.5) is 10.7 Å². The lowest BCUT2D eigenvalue weighted by Gasteiger charge is -2.31. The Kier molecular flexibility index (Phi) is 5.14. The van der Waals surface area contributed by atoms with Crippen molar-refractivity contribution in [2.45, 2.75) is 32.4 Å². The Labute approximate surface area is 160 Å². The van der Waals surface area contributed by atoms with Crippen LogP contribution in [-0.2, 0) is 11.3 Å². The van der Waals surface area contributed by atoms with Gasteiger partial charge in [0.1, 0.15) is 11.8 Å². The fourth-order valence-electron chi connectivity index (χ4n) is 3.22. The smallest absolute Gasteiger partial charge is 0.409 e. The second-order valence-electron chi connectivity index (χ2n) is 6.34. The van der Waals surface area contributed by atoms with E-state index in [1.165, 1.54) is 6.33 Å². The van der Waals surface area contributed by atoms with E-state index >= 15 is 0 Å². The fourth-order valence-corrected chi connectivity index (χ4v) is 3.77. The number of carbonyl (C=O) groups is 1. The predicted octanol–water partition coefficient (Wildman–Crippen LogP) is 2.36. The third-order valence-corrected chi connectivity index (χ3v) is 5.20. The molecule has 0 bridgehead atoms. The Morgan fingerprint density at radius 2 is 2.22 bits per heavy atom. The van der Waals surface area contributed by atoms with Gasteiger partial charge in [-0.05, 0) is 19.8 Å². The average Bonchev–Trinajstić information content (AvgIpc) is 3.31. The quantitative estimate of drug-likeness (QED) is 0.717. The highest BCUT2D eigenvalue weighted by molar-refractivity contribution is 7.07. The summed E-state index contributed by atoms with van der Waals surface area (Å²) in [6, 6.07) is 0.231. The first-order valence-corrected chi connectivity index (χ1v) is 9.90. The molecular formula is C17H21N7O2S. The Morgan fingerprint density at radius 1 is 1.37 bits per heavy atom. The Morgan fingerprint density at radius 3 is 2.96 bits per heavy atom. The number of hydrogen-bond acceptors (Lipinski definition) is 8. The highest BCUT2D eigenvalue weighted by Crippen LogP contribution is 2.22. The number of anilines is 1. The van der Waals surface area contributed by atoms with Crippen LogP contribution in [0.25, 0.3) is 11.2 Å². The van der Waals surface area contributed by atoms with E-state index in [4.69, 9.17) is 4.74 Å². The topological polar surface area (TPSA) is 98.1 Å². The van der Waals surface area contributed by atoms with Gasteiger partial charge in [0.25, 0.3) is 0 Å². The maximum Gasteiger partial charge on any atom is 0.409 e. The van der Waals surface area contributed by atoms with E-state index in [-0.39, 0.29) is 12.1 Å². The monoisotopic (exact) mass is 387 g/mol. The summed E-state index contributed by atoms with van der Waals surface area (Å²) in [5, 5.41) is 5.55. The normalized spacial score (nSPS) is 15.2. The molecule has 1 saturated heterocycles. The predicted molar refractivity (Wildman–Crippen MR) is 102 cm³/mol. The zero-order valence-electron chi connectivity index (χ0n) is 15.0. The third kappa shape index (κ3) is 3.85. The highest BCUT2D eigenvalue weighted by Gasteiger charge is 2.25. The molecule has 1 aliphatic rings. The Balaban J connectivity index is 1.50. The summed E-state index contributed by atoms with van der Waals surface area (Å²) in [6.45, 7) is 4.16. The van der Waals surface area contributed by atoms with Gasteiger partial charge in [-0.3, -0.25) is 4.57 Å². The SMILES string of the molecule is CCOC(=O)N1CCC(Nc2nc3cncnc3n2Cc2cscn2)CC1. The van der Waals surface area contributed by atoms with Crippen molar-refractivity contribution in [3.63, 3.8) is 0 Å². The molecule has 142 valence electrons. The lowest BCUT2D eigenvalue weighted by atomic mass is 10.1. The number of aromatic nitrogens is 5. The van der Waals surface area contributed by atoms with Gasteiger partial charge in [-0.1, -0.05) is 0 Å². The lowest BCUT2D eigenvalue weighted by molar-refractivity contribution is 0.0983. The zero-order chi connectivity index (χ0) is 18.6. The Hall–Kier alpha value is -2.75. The number of fused-ring (bicyclic) bond motifs is 1. The molecule has 1 amide bonds. The molecule has 0 atom stereocenters. The molecule has 1 aliphatic heterocycles. The summed E-state index contributed by atoms with van der Waals surface area (Å²) in [6.07, 6.45) is 4.69. The van der Waals surface area contributed by atoms with Gasteiger partial charge in [0.05, 0.1) is 30.6 Å². The van der Waals surface area contributed by atoms with Gasteiger partial charge >= 0.3 is 6.09 Å². The van der Waals surface area contributed by atoms with Crippen LogP contribution in [0, 0.1) is 0 Å². The van der Waals surface area contributed by atoms with E-state index in [1.807, 2.05) is 22.4 Å². The van der Waals surface area contributed by atoms with Crippen molar-refractivity contribution in [1.29, 1.82) is 0 Å².